The number of allylic oxidation sites excluding steroid dienone is 1. The van der Waals surface area contributed by atoms with Crippen LogP contribution in [0.5, 0.6) is 0 Å². The Hall–Kier alpha value is -1.68. The summed E-state index contributed by atoms with van der Waals surface area (Å²) in [5.41, 5.74) is 4.43. The highest BCUT2D eigenvalue weighted by Crippen LogP contribution is 2.28. The first-order valence-corrected chi connectivity index (χ1v) is 13.3. The third kappa shape index (κ3) is 12.7. The van der Waals surface area contributed by atoms with Gasteiger partial charge < -0.3 is 15.4 Å². The maximum absolute atomic E-state index is 12.3. The molecule has 0 saturated carbocycles. The lowest BCUT2D eigenvalue weighted by Gasteiger charge is -2.23. The molecule has 0 aliphatic heterocycles. The van der Waals surface area contributed by atoms with Gasteiger partial charge in [0.05, 0.1) is 12.5 Å². The average molecular weight is 478 g/mol. The average Bonchev–Trinajstić information content (AvgIpc) is 3.01. The Labute approximate surface area is 188 Å². The number of primary amides is 1. The molecule has 5 N–H and O–H groups in total. The second-order valence-electron chi connectivity index (χ2n) is 9.48. The number of aromatic amines is 1. The number of amides is 1. The van der Waals surface area contributed by atoms with Gasteiger partial charge in [0, 0.05) is 57.1 Å². The molecule has 0 aliphatic rings. The molecular formula is C21H37N2O6S2+. The van der Waals surface area contributed by atoms with Crippen LogP contribution in [-0.2, 0) is 32.8 Å². The maximum Gasteiger partial charge on any atom is 0.280 e. The van der Waals surface area contributed by atoms with E-state index in [1.165, 1.54) is 6.07 Å². The van der Waals surface area contributed by atoms with E-state index in [2.05, 4.69) is 19.0 Å². The van der Waals surface area contributed by atoms with Crippen molar-refractivity contribution in [2.24, 2.45) is 16.6 Å². The molecule has 0 fully saturated rings. The van der Waals surface area contributed by atoms with Crippen LogP contribution in [0.2, 0.25) is 0 Å². The summed E-state index contributed by atoms with van der Waals surface area (Å²) in [4.78, 5) is 22.0. The van der Waals surface area contributed by atoms with Crippen molar-refractivity contribution in [1.29, 1.82) is 0 Å². The number of carbonyl (C=O) groups excluding carboxylic acids is 1. The maximum atomic E-state index is 12.3. The molecule has 178 valence electrons. The van der Waals surface area contributed by atoms with Crippen LogP contribution >= 0.6 is 0 Å². The fraction of sp³-hybridized carbons (Fsp3) is 0.714. The quantitative estimate of drug-likeness (QED) is 0.224. The van der Waals surface area contributed by atoms with Crippen molar-refractivity contribution in [2.45, 2.75) is 59.8 Å². The summed E-state index contributed by atoms with van der Waals surface area (Å²) >= 11 is 0. The van der Waals surface area contributed by atoms with Crippen molar-refractivity contribution in [1.82, 2.24) is 5.16 Å². The van der Waals surface area contributed by atoms with Crippen LogP contribution in [-0.4, -0.2) is 47.6 Å². The molecule has 31 heavy (non-hydrogen) atoms. The Morgan fingerprint density at radius 1 is 1.10 bits per heavy atom. The first-order chi connectivity index (χ1) is 14.3. The van der Waals surface area contributed by atoms with Crippen LogP contribution in [0.15, 0.2) is 27.2 Å². The normalized spacial score (nSPS) is 15.0. The van der Waals surface area contributed by atoms with Gasteiger partial charge in [0.1, 0.15) is 5.76 Å². The van der Waals surface area contributed by atoms with E-state index in [1.54, 1.807) is 0 Å². The lowest BCUT2D eigenvalue weighted by Crippen LogP contribution is -2.20. The van der Waals surface area contributed by atoms with Crippen LogP contribution in [0.4, 0.5) is 0 Å². The first kappa shape index (κ1) is 27.4. The van der Waals surface area contributed by atoms with E-state index in [4.69, 9.17) is 15.4 Å². The Kier molecular flexibility index (Phi) is 10.9. The molecular weight excluding hydrogens is 440 g/mol. The summed E-state index contributed by atoms with van der Waals surface area (Å²) in [6.07, 6.45) is 4.15. The number of nitrogens with two attached hydrogens (primary N) is 1. The number of hydrogen-bond donors (Lipinski definition) is 2. The molecule has 0 spiro atoms. The fourth-order valence-electron chi connectivity index (χ4n) is 3.16. The summed E-state index contributed by atoms with van der Waals surface area (Å²) in [6, 6.07) is 1.44. The molecule has 1 amide bonds. The molecule has 1 heterocycles. The highest BCUT2D eigenvalue weighted by atomic mass is 32.2. The summed E-state index contributed by atoms with van der Waals surface area (Å²) in [7, 11) is -1.99. The van der Waals surface area contributed by atoms with E-state index in [-0.39, 0.29) is 22.1 Å². The van der Waals surface area contributed by atoms with Crippen molar-refractivity contribution < 1.29 is 22.8 Å². The largest absolute Gasteiger partial charge is 0.596 e. The number of rotatable bonds is 15. The van der Waals surface area contributed by atoms with Gasteiger partial charge in [0.15, 0.2) is 0 Å². The molecule has 0 radical (unpaired) electrons. The topological polar surface area (TPSA) is 146 Å². The SMILES string of the molecule is CC(C)(CCS(=O)CCCS(=O)CCC(C)(C)Cc1cc(=O)[nH]o1)C/C([OH2+])=C/C(N)=O. The highest BCUT2D eigenvalue weighted by molar-refractivity contribution is 7.85. The molecule has 1 rings (SSSR count). The van der Waals surface area contributed by atoms with E-state index in [0.717, 1.165) is 12.5 Å². The van der Waals surface area contributed by atoms with Crippen LogP contribution in [0, 0.1) is 10.8 Å². The van der Waals surface area contributed by atoms with E-state index >= 15 is 0 Å². The van der Waals surface area contributed by atoms with Crippen LogP contribution < -0.4 is 11.3 Å². The molecule has 0 aliphatic carbocycles. The summed E-state index contributed by atoms with van der Waals surface area (Å²) in [5.74, 6) is 2.24. The smallest absolute Gasteiger partial charge is 0.280 e. The van der Waals surface area contributed by atoms with E-state index in [1.807, 2.05) is 13.8 Å². The highest BCUT2D eigenvalue weighted by Gasteiger charge is 2.24. The zero-order valence-electron chi connectivity index (χ0n) is 19.0. The molecule has 2 unspecified atom stereocenters. The van der Waals surface area contributed by atoms with E-state index in [9.17, 15) is 18.0 Å². The minimum atomic E-state index is -1.01. The zero-order chi connectivity index (χ0) is 23.7. The Balaban J connectivity index is 2.28. The van der Waals surface area contributed by atoms with Crippen molar-refractivity contribution in [2.75, 3.05) is 23.0 Å². The van der Waals surface area contributed by atoms with Gasteiger partial charge in [-0.3, -0.25) is 18.0 Å². The van der Waals surface area contributed by atoms with Gasteiger partial charge in [-0.2, -0.15) is 5.16 Å². The predicted molar refractivity (Wildman–Crippen MR) is 126 cm³/mol. The zero-order valence-corrected chi connectivity index (χ0v) is 20.6. The monoisotopic (exact) mass is 477 g/mol. The van der Waals surface area contributed by atoms with Gasteiger partial charge in [-0.25, -0.2) is 0 Å². The van der Waals surface area contributed by atoms with Crippen LogP contribution in [0.3, 0.4) is 0 Å². The van der Waals surface area contributed by atoms with Crippen molar-refractivity contribution in [3.05, 3.63) is 34.0 Å². The molecule has 2 atom stereocenters. The third-order valence-electron chi connectivity index (χ3n) is 4.97. The molecule has 0 bridgehead atoms. The van der Waals surface area contributed by atoms with Gasteiger partial charge in [0.2, 0.25) is 11.7 Å². The van der Waals surface area contributed by atoms with E-state index < -0.39 is 27.5 Å². The molecule has 0 aromatic carbocycles. The lowest BCUT2D eigenvalue weighted by molar-refractivity contribution is -0.113. The van der Waals surface area contributed by atoms with Gasteiger partial charge in [-0.1, -0.05) is 27.7 Å². The van der Waals surface area contributed by atoms with Gasteiger partial charge in [-0.15, -0.1) is 0 Å². The predicted octanol–water partition coefficient (Wildman–Crippen LogP) is 1.71. The second kappa shape index (κ2) is 12.4. The number of nitrogens with one attached hydrogen (secondary N) is 1. The number of aromatic nitrogens is 1. The lowest BCUT2D eigenvalue weighted by atomic mass is 9.85. The molecule has 1 aromatic rings. The Morgan fingerprint density at radius 2 is 1.65 bits per heavy atom. The van der Waals surface area contributed by atoms with Gasteiger partial charge in [-0.05, 0) is 30.1 Å². The standard InChI is InChI=1S/C21H36N2O6S2/c1-20(2,14-16(24)12-18(22)25)6-10-30(27)8-5-9-31(28)11-7-21(3,4)15-17-13-19(26)23-29-17/h12-13,24H,5-11,14-15H2,1-4H3,(H2,22,25)(H,23,26)/p+1/b16-12-. The fourth-order valence-corrected chi connectivity index (χ4v) is 6.24. The Bertz CT molecular complexity index is 854. The number of carbonyl (C=O) groups is 1. The van der Waals surface area contributed by atoms with Gasteiger partial charge in [0.25, 0.3) is 5.56 Å². The van der Waals surface area contributed by atoms with Crippen LogP contribution in [0.1, 0.15) is 59.1 Å². The van der Waals surface area contributed by atoms with E-state index in [0.29, 0.717) is 54.5 Å². The Morgan fingerprint density at radius 3 is 2.13 bits per heavy atom. The van der Waals surface area contributed by atoms with Crippen molar-refractivity contribution in [3.63, 3.8) is 0 Å². The first-order valence-electron chi connectivity index (χ1n) is 10.4. The summed E-state index contributed by atoms with van der Waals surface area (Å²) < 4.78 is 29.7. The third-order valence-corrected chi connectivity index (χ3v) is 7.78. The minimum Gasteiger partial charge on any atom is -0.596 e. The van der Waals surface area contributed by atoms with Crippen molar-refractivity contribution >= 4 is 27.5 Å². The minimum absolute atomic E-state index is 0.137. The van der Waals surface area contributed by atoms with Crippen LogP contribution in [0.25, 0.3) is 0 Å². The van der Waals surface area contributed by atoms with Crippen molar-refractivity contribution in [3.8, 4) is 0 Å². The molecule has 10 heteroatoms. The summed E-state index contributed by atoms with van der Waals surface area (Å²) in [6.45, 7) is 8.05. The molecule has 0 saturated heterocycles. The number of H-pyrrole nitrogens is 1. The molecule has 8 nitrogen and oxygen atoms in total. The number of hydrogen-bond acceptors (Lipinski definition) is 5. The second-order valence-corrected chi connectivity index (χ2v) is 12.9. The molecule has 1 aromatic heterocycles. The summed E-state index contributed by atoms with van der Waals surface area (Å²) in [5, 5.41) is 10.1. The van der Waals surface area contributed by atoms with Gasteiger partial charge >= 0.3 is 0 Å².